The monoisotopic (exact) mass is 450 g/mol. The van der Waals surface area contributed by atoms with E-state index >= 15 is 0 Å². The van der Waals surface area contributed by atoms with Crippen molar-refractivity contribution in [3.63, 3.8) is 0 Å². The molecule has 0 aliphatic rings. The third kappa shape index (κ3) is 16.0. The summed E-state index contributed by atoms with van der Waals surface area (Å²) in [6, 6.07) is 0. The van der Waals surface area contributed by atoms with Crippen LogP contribution in [0.25, 0.3) is 0 Å². The van der Waals surface area contributed by atoms with Crippen molar-refractivity contribution in [1.82, 2.24) is 0 Å². The lowest BCUT2D eigenvalue weighted by Crippen LogP contribution is -2.09. The van der Waals surface area contributed by atoms with Crippen molar-refractivity contribution >= 4 is 15.2 Å². The average molecular weight is 450 g/mol. The van der Waals surface area contributed by atoms with Crippen LogP contribution < -0.4 is 0 Å². The Kier molecular flexibility index (Phi) is 14.3. The summed E-state index contributed by atoms with van der Waals surface area (Å²) in [6.07, 6.45) is 14.9. The minimum absolute atomic E-state index is 0.150. The molecule has 0 unspecified atom stereocenters. The Morgan fingerprint density at radius 2 is 1.14 bits per heavy atom. The highest BCUT2D eigenvalue weighted by Gasteiger charge is 2.42. The summed E-state index contributed by atoms with van der Waals surface area (Å²) in [6.45, 7) is 8.56. The van der Waals surface area contributed by atoms with Crippen LogP contribution in [0.2, 0.25) is 0 Å². The minimum atomic E-state index is -4.78. The molecule has 0 aliphatic carbocycles. The van der Waals surface area contributed by atoms with Gasteiger partial charge in [0.1, 0.15) is 0 Å². The maximum Gasteiger partial charge on any atom is 0.340 e. The van der Waals surface area contributed by atoms with Gasteiger partial charge in [-0.3, -0.25) is 9.13 Å². The summed E-state index contributed by atoms with van der Waals surface area (Å²) in [5.41, 5.74) is 4.15. The predicted molar refractivity (Wildman–Crippen MR) is 121 cm³/mol. The quantitative estimate of drug-likeness (QED) is 0.130. The van der Waals surface area contributed by atoms with Crippen LogP contribution in [0.3, 0.4) is 0 Å². The number of unbranched alkanes of at least 4 members (excludes halogenated alkanes) is 4. The summed E-state index contributed by atoms with van der Waals surface area (Å²) < 4.78 is 22.4. The molecule has 0 atom stereocenters. The van der Waals surface area contributed by atoms with Gasteiger partial charge in [-0.15, -0.1) is 0 Å². The Morgan fingerprint density at radius 1 is 0.690 bits per heavy atom. The van der Waals surface area contributed by atoms with Gasteiger partial charge in [0.2, 0.25) is 0 Å². The lowest BCUT2D eigenvalue weighted by atomic mass is 10.0. The molecule has 0 saturated heterocycles. The molecule has 0 rings (SSSR count). The molecular formula is C21H40O6P2. The van der Waals surface area contributed by atoms with E-state index in [1.807, 2.05) is 0 Å². The van der Waals surface area contributed by atoms with Gasteiger partial charge in [-0.05, 0) is 72.6 Å². The second kappa shape index (κ2) is 14.5. The normalized spacial score (nSPS) is 13.8. The molecule has 0 fully saturated rings. The molecule has 0 aromatic heterocycles. The van der Waals surface area contributed by atoms with E-state index in [1.165, 1.54) is 16.7 Å². The summed E-state index contributed by atoms with van der Waals surface area (Å²) in [4.78, 5) is 36.4. The Hall–Kier alpha value is -0.480. The molecule has 0 bridgehead atoms. The van der Waals surface area contributed by atoms with Gasteiger partial charge in [0.15, 0.2) is 5.40 Å². The Bertz CT molecular complexity index is 628. The van der Waals surface area contributed by atoms with E-state index in [-0.39, 0.29) is 6.42 Å². The van der Waals surface area contributed by atoms with E-state index in [4.69, 9.17) is 19.6 Å². The van der Waals surface area contributed by atoms with Crippen molar-refractivity contribution in [2.45, 2.75) is 97.3 Å². The molecule has 0 aliphatic heterocycles. The molecule has 0 saturated carbocycles. The van der Waals surface area contributed by atoms with Crippen molar-refractivity contribution in [3.05, 3.63) is 34.9 Å². The molecule has 0 aromatic rings. The molecule has 0 heterocycles. The van der Waals surface area contributed by atoms with Crippen LogP contribution in [0.15, 0.2) is 34.9 Å². The number of rotatable bonds is 15. The first-order chi connectivity index (χ1) is 13.3. The van der Waals surface area contributed by atoms with Crippen LogP contribution in [0.4, 0.5) is 0 Å². The van der Waals surface area contributed by atoms with E-state index in [0.717, 1.165) is 44.9 Å². The fourth-order valence-corrected chi connectivity index (χ4v) is 5.65. The van der Waals surface area contributed by atoms with Gasteiger partial charge in [-0.1, -0.05) is 54.2 Å². The van der Waals surface area contributed by atoms with Crippen molar-refractivity contribution in [2.75, 3.05) is 0 Å². The molecule has 0 spiro atoms. The maximum atomic E-state index is 11.2. The predicted octanol–water partition coefficient (Wildman–Crippen LogP) is 6.43. The highest BCUT2D eigenvalue weighted by molar-refractivity contribution is 7.70. The molecule has 4 N–H and O–H groups in total. The minimum Gasteiger partial charge on any atom is -0.324 e. The summed E-state index contributed by atoms with van der Waals surface area (Å²) in [5, 5.41) is -1.87. The SMILES string of the molecule is CC(C)=CCCC(C)=CCCC(C)=CCCCCCCC(P(=O)(O)O)P(=O)(O)O. The zero-order chi connectivity index (χ0) is 22.5. The third-order valence-electron chi connectivity index (χ3n) is 4.81. The topological polar surface area (TPSA) is 115 Å². The summed E-state index contributed by atoms with van der Waals surface area (Å²) in [7, 11) is -9.56. The van der Waals surface area contributed by atoms with E-state index in [0.29, 0.717) is 12.8 Å². The lowest BCUT2D eigenvalue weighted by molar-refractivity contribution is 0.333. The maximum absolute atomic E-state index is 11.2. The summed E-state index contributed by atoms with van der Waals surface area (Å²) >= 11 is 0. The van der Waals surface area contributed by atoms with Crippen LogP contribution >= 0.6 is 15.2 Å². The molecule has 0 radical (unpaired) electrons. The van der Waals surface area contributed by atoms with Gasteiger partial charge in [-0.25, -0.2) is 0 Å². The zero-order valence-electron chi connectivity index (χ0n) is 18.4. The number of hydrogen-bond acceptors (Lipinski definition) is 2. The fraction of sp³-hybridized carbons (Fsp3) is 0.714. The van der Waals surface area contributed by atoms with Crippen molar-refractivity contribution in [1.29, 1.82) is 0 Å². The number of hydrogen-bond donors (Lipinski definition) is 4. The van der Waals surface area contributed by atoms with Crippen LogP contribution in [0, 0.1) is 0 Å². The van der Waals surface area contributed by atoms with Gasteiger partial charge in [-0.2, -0.15) is 0 Å². The molecule has 8 heteroatoms. The Labute approximate surface area is 176 Å². The molecule has 0 aromatic carbocycles. The average Bonchev–Trinajstić information content (AvgIpc) is 2.54. The standard InChI is InChI=1S/C21H40O6P2/c1-18(2)12-10-14-20(4)16-11-15-19(3)13-8-6-5-7-9-17-21(28(22,23)24)29(25,26)27/h12-13,16,21H,5-11,14-15,17H2,1-4H3,(H2,22,23,24)(H2,25,26,27). The largest absolute Gasteiger partial charge is 0.340 e. The Balaban J connectivity index is 4.01. The molecule has 0 amide bonds. The van der Waals surface area contributed by atoms with Gasteiger partial charge in [0.05, 0.1) is 0 Å². The smallest absolute Gasteiger partial charge is 0.324 e. The molecule has 170 valence electrons. The van der Waals surface area contributed by atoms with Gasteiger partial charge < -0.3 is 19.6 Å². The van der Waals surface area contributed by atoms with Crippen LogP contribution in [0.5, 0.6) is 0 Å². The van der Waals surface area contributed by atoms with Crippen LogP contribution in [-0.4, -0.2) is 25.0 Å². The van der Waals surface area contributed by atoms with E-state index in [1.54, 1.807) is 0 Å². The van der Waals surface area contributed by atoms with Gasteiger partial charge in [0, 0.05) is 0 Å². The van der Waals surface area contributed by atoms with Gasteiger partial charge >= 0.3 is 15.2 Å². The molecule has 29 heavy (non-hydrogen) atoms. The fourth-order valence-electron chi connectivity index (χ4n) is 3.04. The second-order valence-electron chi connectivity index (χ2n) is 8.11. The van der Waals surface area contributed by atoms with E-state index in [2.05, 4.69) is 45.9 Å². The lowest BCUT2D eigenvalue weighted by Gasteiger charge is -2.19. The highest BCUT2D eigenvalue weighted by atomic mass is 31.2. The number of allylic oxidation sites excluding steroid dienone is 6. The first-order valence-corrected chi connectivity index (χ1v) is 13.8. The van der Waals surface area contributed by atoms with Crippen molar-refractivity contribution < 1.29 is 28.7 Å². The molecule has 6 nitrogen and oxygen atoms in total. The summed E-state index contributed by atoms with van der Waals surface area (Å²) in [5.74, 6) is 0. The Morgan fingerprint density at radius 3 is 1.62 bits per heavy atom. The second-order valence-corrected chi connectivity index (χ2v) is 12.1. The van der Waals surface area contributed by atoms with Crippen molar-refractivity contribution in [2.24, 2.45) is 0 Å². The van der Waals surface area contributed by atoms with E-state index < -0.39 is 20.6 Å². The van der Waals surface area contributed by atoms with Crippen LogP contribution in [-0.2, 0) is 9.13 Å². The van der Waals surface area contributed by atoms with Crippen molar-refractivity contribution in [3.8, 4) is 0 Å². The third-order valence-corrected chi connectivity index (χ3v) is 8.68. The van der Waals surface area contributed by atoms with Gasteiger partial charge in [0.25, 0.3) is 0 Å². The molecular weight excluding hydrogens is 410 g/mol. The van der Waals surface area contributed by atoms with Crippen LogP contribution in [0.1, 0.15) is 91.9 Å². The first kappa shape index (κ1) is 28.5. The highest BCUT2D eigenvalue weighted by Crippen LogP contribution is 2.61. The first-order valence-electron chi connectivity index (χ1n) is 10.4. The van der Waals surface area contributed by atoms with E-state index in [9.17, 15) is 9.13 Å². The zero-order valence-corrected chi connectivity index (χ0v) is 20.2.